The van der Waals surface area contributed by atoms with E-state index in [1.807, 2.05) is 0 Å². The van der Waals surface area contributed by atoms with E-state index in [0.29, 0.717) is 19.0 Å². The average molecular weight is 355 g/mol. The molecule has 1 N–H and O–H groups in total. The Balaban J connectivity index is 2.41. The Hall–Kier alpha value is -0.570. The second kappa shape index (κ2) is 5.43. The van der Waals surface area contributed by atoms with Gasteiger partial charge in [0.15, 0.2) is 0 Å². The zero-order valence-corrected chi connectivity index (χ0v) is 12.6. The molecule has 1 aliphatic rings. The van der Waals surface area contributed by atoms with Crippen LogP contribution in [0, 0.1) is 11.6 Å². The molecule has 0 aromatic heterocycles. The molecule has 1 atom stereocenters. The van der Waals surface area contributed by atoms with Gasteiger partial charge < -0.3 is 5.32 Å². The fourth-order valence-corrected chi connectivity index (χ4v) is 4.70. The number of sulfonamides is 1. The van der Waals surface area contributed by atoms with Gasteiger partial charge in [-0.05, 0) is 35.5 Å². The van der Waals surface area contributed by atoms with Crippen molar-refractivity contribution in [3.8, 4) is 0 Å². The molecule has 1 aromatic rings. The van der Waals surface area contributed by atoms with E-state index >= 15 is 0 Å². The summed E-state index contributed by atoms with van der Waals surface area (Å²) >= 11 is 2.91. The molecule has 1 fully saturated rings. The van der Waals surface area contributed by atoms with Crippen LogP contribution in [0.25, 0.3) is 0 Å². The molecule has 1 heterocycles. The zero-order valence-electron chi connectivity index (χ0n) is 10.2. The maximum absolute atomic E-state index is 13.7. The molecular formula is C11H13BrF2N2O2S. The van der Waals surface area contributed by atoms with Crippen molar-refractivity contribution in [2.75, 3.05) is 20.1 Å². The fraction of sp³-hybridized carbons (Fsp3) is 0.455. The van der Waals surface area contributed by atoms with Crippen LogP contribution < -0.4 is 5.32 Å². The van der Waals surface area contributed by atoms with Gasteiger partial charge in [0.2, 0.25) is 10.0 Å². The van der Waals surface area contributed by atoms with Gasteiger partial charge in [-0.25, -0.2) is 17.2 Å². The second-order valence-corrected chi connectivity index (χ2v) is 7.07. The number of hydrogen-bond acceptors (Lipinski definition) is 3. The number of halogens is 3. The van der Waals surface area contributed by atoms with Gasteiger partial charge in [-0.2, -0.15) is 4.31 Å². The maximum atomic E-state index is 13.7. The fourth-order valence-electron chi connectivity index (χ4n) is 2.09. The van der Waals surface area contributed by atoms with Crippen molar-refractivity contribution in [2.45, 2.75) is 17.4 Å². The van der Waals surface area contributed by atoms with Crippen molar-refractivity contribution < 1.29 is 17.2 Å². The van der Waals surface area contributed by atoms with Crippen molar-refractivity contribution in [2.24, 2.45) is 0 Å². The highest BCUT2D eigenvalue weighted by Crippen LogP contribution is 2.30. The number of nitrogens with zero attached hydrogens (tertiary/aromatic N) is 1. The molecular weight excluding hydrogens is 342 g/mol. The summed E-state index contributed by atoms with van der Waals surface area (Å²) in [7, 11) is -2.21. The molecule has 2 rings (SSSR count). The van der Waals surface area contributed by atoms with Crippen LogP contribution in [0.15, 0.2) is 21.5 Å². The van der Waals surface area contributed by atoms with Crippen LogP contribution in [0.2, 0.25) is 0 Å². The van der Waals surface area contributed by atoms with E-state index in [1.165, 1.54) is 4.31 Å². The number of hydrogen-bond donors (Lipinski definition) is 1. The number of rotatable bonds is 3. The minimum absolute atomic E-state index is 0.0528. The minimum atomic E-state index is -3.96. The summed E-state index contributed by atoms with van der Waals surface area (Å²) in [4.78, 5) is -0.509. The van der Waals surface area contributed by atoms with Gasteiger partial charge >= 0.3 is 0 Å². The molecule has 106 valence electrons. The lowest BCUT2D eigenvalue weighted by molar-refractivity contribution is 0.456. The summed E-state index contributed by atoms with van der Waals surface area (Å²) < 4.78 is 52.6. The Morgan fingerprint density at radius 3 is 2.63 bits per heavy atom. The number of likely N-dealkylation sites (N-methyl/N-ethyl adjacent to an activating group) is 1. The zero-order chi connectivity index (χ0) is 14.2. The Kier molecular flexibility index (Phi) is 4.24. The van der Waals surface area contributed by atoms with Crippen LogP contribution >= 0.6 is 15.9 Å². The van der Waals surface area contributed by atoms with Crippen LogP contribution in [-0.4, -0.2) is 38.9 Å². The summed E-state index contributed by atoms with van der Waals surface area (Å²) in [6.45, 7) is 0.596. The monoisotopic (exact) mass is 354 g/mol. The molecule has 0 spiro atoms. The molecule has 19 heavy (non-hydrogen) atoms. The molecule has 0 amide bonds. The van der Waals surface area contributed by atoms with Crippen LogP contribution in [0.4, 0.5) is 8.78 Å². The first kappa shape index (κ1) is 14.8. The Morgan fingerprint density at radius 1 is 1.42 bits per heavy atom. The van der Waals surface area contributed by atoms with Gasteiger partial charge in [0.05, 0.1) is 0 Å². The quantitative estimate of drug-likeness (QED) is 0.898. The molecule has 8 heteroatoms. The van der Waals surface area contributed by atoms with Crippen molar-refractivity contribution in [1.29, 1.82) is 0 Å². The van der Waals surface area contributed by atoms with Crippen LogP contribution in [0.3, 0.4) is 0 Å². The largest absolute Gasteiger partial charge is 0.316 e. The highest BCUT2D eigenvalue weighted by atomic mass is 79.9. The third kappa shape index (κ3) is 2.81. The van der Waals surface area contributed by atoms with Crippen LogP contribution in [-0.2, 0) is 10.0 Å². The summed E-state index contributed by atoms with van der Waals surface area (Å²) in [6, 6.07) is 1.57. The predicted octanol–water partition coefficient (Wildman–Crippen LogP) is 1.71. The number of nitrogens with one attached hydrogen (secondary N) is 1. The molecule has 0 bridgehead atoms. The predicted molar refractivity (Wildman–Crippen MR) is 70.3 cm³/mol. The first-order chi connectivity index (χ1) is 8.86. The minimum Gasteiger partial charge on any atom is -0.316 e. The molecule has 0 radical (unpaired) electrons. The van der Waals surface area contributed by atoms with Gasteiger partial charge in [-0.1, -0.05) is 0 Å². The molecule has 0 saturated carbocycles. The van der Waals surface area contributed by atoms with Gasteiger partial charge in [-0.15, -0.1) is 0 Å². The van der Waals surface area contributed by atoms with Crippen molar-refractivity contribution in [1.82, 2.24) is 9.62 Å². The molecule has 4 nitrogen and oxygen atoms in total. The van der Waals surface area contributed by atoms with E-state index in [9.17, 15) is 17.2 Å². The summed E-state index contributed by atoms with van der Waals surface area (Å²) in [6.07, 6.45) is 0.663. The number of benzene rings is 1. The highest BCUT2D eigenvalue weighted by molar-refractivity contribution is 9.10. The van der Waals surface area contributed by atoms with E-state index in [1.54, 1.807) is 7.05 Å². The lowest BCUT2D eigenvalue weighted by atomic mass is 10.3. The first-order valence-corrected chi connectivity index (χ1v) is 7.91. The van der Waals surface area contributed by atoms with E-state index < -0.39 is 26.6 Å². The second-order valence-electron chi connectivity index (χ2n) is 4.34. The Morgan fingerprint density at radius 2 is 2.11 bits per heavy atom. The van der Waals surface area contributed by atoms with E-state index in [2.05, 4.69) is 21.2 Å². The highest BCUT2D eigenvalue weighted by Gasteiger charge is 2.35. The SMILES string of the molecule is CNC1CCN(S(=O)(=O)c2c(F)cc(F)cc2Br)C1. The Bertz CT molecular complexity index is 571. The summed E-state index contributed by atoms with van der Waals surface area (Å²) in [5.74, 6) is -1.90. The third-order valence-electron chi connectivity index (χ3n) is 3.12. The molecule has 1 aromatic carbocycles. The maximum Gasteiger partial charge on any atom is 0.247 e. The van der Waals surface area contributed by atoms with Crippen LogP contribution in [0.5, 0.6) is 0 Å². The van der Waals surface area contributed by atoms with E-state index in [-0.39, 0.29) is 17.1 Å². The standard InChI is InChI=1S/C11H13BrF2N2O2S/c1-15-8-2-3-16(6-8)19(17,18)11-9(12)4-7(13)5-10(11)14/h4-5,8,15H,2-3,6H2,1H3. The van der Waals surface area contributed by atoms with E-state index in [4.69, 9.17) is 0 Å². The Labute approximate surface area is 119 Å². The normalized spacial score (nSPS) is 20.9. The topological polar surface area (TPSA) is 49.4 Å². The van der Waals surface area contributed by atoms with Crippen molar-refractivity contribution in [3.05, 3.63) is 28.2 Å². The summed E-state index contributed by atoms with van der Waals surface area (Å²) in [5, 5.41) is 2.98. The molecule has 0 aliphatic carbocycles. The van der Waals surface area contributed by atoms with Gasteiger partial charge in [0, 0.05) is 29.7 Å². The smallest absolute Gasteiger partial charge is 0.247 e. The van der Waals surface area contributed by atoms with Crippen molar-refractivity contribution in [3.63, 3.8) is 0 Å². The summed E-state index contributed by atoms with van der Waals surface area (Å²) in [5.41, 5.74) is 0. The molecule has 1 aliphatic heterocycles. The molecule has 1 saturated heterocycles. The van der Waals surface area contributed by atoms with Gasteiger partial charge in [0.25, 0.3) is 0 Å². The lowest BCUT2D eigenvalue weighted by Gasteiger charge is -2.18. The van der Waals surface area contributed by atoms with Gasteiger partial charge in [-0.3, -0.25) is 0 Å². The van der Waals surface area contributed by atoms with Crippen LogP contribution in [0.1, 0.15) is 6.42 Å². The third-order valence-corrected chi connectivity index (χ3v) is 5.95. The average Bonchev–Trinajstić information content (AvgIpc) is 2.75. The van der Waals surface area contributed by atoms with Crippen molar-refractivity contribution >= 4 is 26.0 Å². The molecule has 1 unspecified atom stereocenters. The van der Waals surface area contributed by atoms with Gasteiger partial charge in [0.1, 0.15) is 16.5 Å². The first-order valence-electron chi connectivity index (χ1n) is 5.68. The van der Waals surface area contributed by atoms with E-state index in [0.717, 1.165) is 6.07 Å². The lowest BCUT2D eigenvalue weighted by Crippen LogP contribution is -2.34.